The summed E-state index contributed by atoms with van der Waals surface area (Å²) in [6.45, 7) is 0. The Morgan fingerprint density at radius 3 is 1.71 bits per heavy atom. The highest BCUT2D eigenvalue weighted by Crippen LogP contribution is 2.43. The zero-order valence-electron chi connectivity index (χ0n) is 24.3. The Labute approximate surface area is 264 Å². The summed E-state index contributed by atoms with van der Waals surface area (Å²) in [4.78, 5) is 0. The average molecular weight is 594 g/mol. The molecule has 3 heteroatoms. The van der Waals surface area contributed by atoms with Gasteiger partial charge >= 0.3 is 0 Å². The van der Waals surface area contributed by atoms with Crippen molar-refractivity contribution in [2.24, 2.45) is 0 Å². The highest BCUT2D eigenvalue weighted by molar-refractivity contribution is 7.26. The number of anilines is 2. The maximum absolute atomic E-state index is 6.66. The monoisotopic (exact) mass is 593 g/mol. The third-order valence-corrected chi connectivity index (χ3v) is 9.93. The summed E-state index contributed by atoms with van der Waals surface area (Å²) in [7, 11) is 0. The summed E-state index contributed by atoms with van der Waals surface area (Å²) >= 11 is 1.86. The zero-order chi connectivity index (χ0) is 29.7. The van der Waals surface area contributed by atoms with E-state index >= 15 is 0 Å². The van der Waals surface area contributed by atoms with Crippen molar-refractivity contribution >= 4 is 64.8 Å². The second-order valence-electron chi connectivity index (χ2n) is 11.4. The lowest BCUT2D eigenvalue weighted by atomic mass is 9.99. The summed E-state index contributed by atoms with van der Waals surface area (Å²) in [5, 5.41) is 8.60. The maximum Gasteiger partial charge on any atom is 0.143 e. The van der Waals surface area contributed by atoms with Gasteiger partial charge in [-0.25, -0.2) is 0 Å². The molecular formula is C42H27NOS. The van der Waals surface area contributed by atoms with E-state index in [0.717, 1.165) is 55.6 Å². The van der Waals surface area contributed by atoms with Gasteiger partial charge in [-0.05, 0) is 35.4 Å². The minimum Gasteiger partial charge on any atom is -0.455 e. The van der Waals surface area contributed by atoms with E-state index in [4.69, 9.17) is 4.42 Å². The van der Waals surface area contributed by atoms with Crippen LogP contribution in [0.2, 0.25) is 0 Å². The third kappa shape index (κ3) is 4.32. The van der Waals surface area contributed by atoms with Crippen molar-refractivity contribution in [3.63, 3.8) is 0 Å². The van der Waals surface area contributed by atoms with E-state index in [1.54, 1.807) is 0 Å². The third-order valence-electron chi connectivity index (χ3n) is 8.71. The van der Waals surface area contributed by atoms with Crippen LogP contribution in [0.5, 0.6) is 0 Å². The Kier molecular flexibility index (Phi) is 6.03. The van der Waals surface area contributed by atoms with Crippen LogP contribution in [0.25, 0.3) is 75.5 Å². The Balaban J connectivity index is 1.08. The van der Waals surface area contributed by atoms with Gasteiger partial charge in [-0.1, -0.05) is 133 Å². The fourth-order valence-electron chi connectivity index (χ4n) is 6.57. The fraction of sp³-hybridized carbons (Fsp3) is 0. The van der Waals surface area contributed by atoms with Gasteiger partial charge in [0.2, 0.25) is 0 Å². The summed E-state index contributed by atoms with van der Waals surface area (Å²) < 4.78 is 9.29. The molecule has 0 fully saturated rings. The molecule has 0 unspecified atom stereocenters. The van der Waals surface area contributed by atoms with Crippen molar-refractivity contribution in [1.82, 2.24) is 0 Å². The van der Waals surface area contributed by atoms with Gasteiger partial charge in [-0.3, -0.25) is 0 Å². The molecule has 0 bridgehead atoms. The molecule has 2 nitrogen and oxygen atoms in total. The zero-order valence-corrected chi connectivity index (χ0v) is 25.1. The summed E-state index contributed by atoms with van der Waals surface area (Å²) in [6.07, 6.45) is 0. The summed E-state index contributed by atoms with van der Waals surface area (Å²) in [6, 6.07) is 55.9. The number of nitrogens with one attached hydrogen (secondary N) is 1. The van der Waals surface area contributed by atoms with Crippen LogP contribution in [0.3, 0.4) is 0 Å². The topological polar surface area (TPSA) is 25.2 Å². The van der Waals surface area contributed by atoms with E-state index in [2.05, 4.69) is 157 Å². The first-order valence-corrected chi connectivity index (χ1v) is 16.0. The first kappa shape index (κ1) is 25.8. The van der Waals surface area contributed by atoms with E-state index in [9.17, 15) is 0 Å². The second kappa shape index (κ2) is 10.5. The average Bonchev–Trinajstić information content (AvgIpc) is 3.68. The van der Waals surface area contributed by atoms with Gasteiger partial charge in [0.15, 0.2) is 0 Å². The van der Waals surface area contributed by atoms with E-state index < -0.39 is 0 Å². The number of benzene rings is 7. The van der Waals surface area contributed by atoms with E-state index in [-0.39, 0.29) is 0 Å². The second-order valence-corrected chi connectivity index (χ2v) is 12.4. The molecule has 0 atom stereocenters. The molecule has 2 heterocycles. The molecule has 0 saturated heterocycles. The van der Waals surface area contributed by atoms with Crippen LogP contribution in [0.1, 0.15) is 0 Å². The van der Waals surface area contributed by atoms with Gasteiger partial charge in [0.1, 0.15) is 11.2 Å². The van der Waals surface area contributed by atoms with Gasteiger partial charge in [0.25, 0.3) is 0 Å². The molecule has 0 aliphatic rings. The number of para-hydroxylation sites is 3. The normalized spacial score (nSPS) is 11.6. The summed E-state index contributed by atoms with van der Waals surface area (Å²) in [5.74, 6) is 0. The van der Waals surface area contributed by atoms with Crippen molar-refractivity contribution in [2.45, 2.75) is 0 Å². The molecule has 0 amide bonds. The quantitative estimate of drug-likeness (QED) is 0.215. The lowest BCUT2D eigenvalue weighted by Gasteiger charge is -2.14. The lowest BCUT2D eigenvalue weighted by molar-refractivity contribution is 0.671. The number of hydrogen-bond donors (Lipinski definition) is 1. The minimum atomic E-state index is 0.915. The molecule has 0 radical (unpaired) electrons. The molecule has 2 aromatic heterocycles. The predicted molar refractivity (Wildman–Crippen MR) is 193 cm³/mol. The Morgan fingerprint density at radius 2 is 0.956 bits per heavy atom. The van der Waals surface area contributed by atoms with Gasteiger partial charge in [-0.2, -0.15) is 0 Å². The summed E-state index contributed by atoms with van der Waals surface area (Å²) in [5.41, 5.74) is 10.9. The largest absolute Gasteiger partial charge is 0.455 e. The van der Waals surface area contributed by atoms with Crippen molar-refractivity contribution in [3.05, 3.63) is 158 Å². The first-order valence-electron chi connectivity index (χ1n) is 15.2. The molecule has 212 valence electrons. The van der Waals surface area contributed by atoms with E-state index in [0.29, 0.717) is 0 Å². The Hall–Kier alpha value is -5.64. The van der Waals surface area contributed by atoms with Crippen molar-refractivity contribution < 1.29 is 4.42 Å². The van der Waals surface area contributed by atoms with Gasteiger partial charge in [0.05, 0.1) is 0 Å². The van der Waals surface area contributed by atoms with Gasteiger partial charge in [0, 0.05) is 64.6 Å². The molecule has 0 aliphatic carbocycles. The molecule has 9 aromatic rings. The number of thiophene rings is 1. The molecule has 0 aliphatic heterocycles. The minimum absolute atomic E-state index is 0.915. The van der Waals surface area contributed by atoms with E-state index in [1.807, 2.05) is 17.4 Å². The van der Waals surface area contributed by atoms with E-state index in [1.165, 1.54) is 31.3 Å². The van der Waals surface area contributed by atoms with Crippen molar-refractivity contribution in [1.29, 1.82) is 0 Å². The first-order chi connectivity index (χ1) is 22.3. The molecule has 0 spiro atoms. The van der Waals surface area contributed by atoms with Crippen LogP contribution in [-0.4, -0.2) is 0 Å². The lowest BCUT2D eigenvalue weighted by Crippen LogP contribution is -1.93. The SMILES string of the molecule is c1ccc(-c2cccc3c2oc2c(-c4ccc(Nc5ccccc5-c5cccc6c5sc5ccccc56)cc4)cccc23)cc1. The van der Waals surface area contributed by atoms with Crippen LogP contribution < -0.4 is 5.32 Å². The van der Waals surface area contributed by atoms with Crippen LogP contribution in [0.15, 0.2) is 162 Å². The van der Waals surface area contributed by atoms with Crippen molar-refractivity contribution in [3.8, 4) is 33.4 Å². The molecule has 0 saturated carbocycles. The highest BCUT2D eigenvalue weighted by atomic mass is 32.1. The van der Waals surface area contributed by atoms with Crippen molar-refractivity contribution in [2.75, 3.05) is 5.32 Å². The predicted octanol–water partition coefficient (Wildman–Crippen LogP) is 12.7. The number of furan rings is 1. The van der Waals surface area contributed by atoms with Gasteiger partial charge in [-0.15, -0.1) is 11.3 Å². The Bertz CT molecular complexity index is 2500. The molecule has 45 heavy (non-hydrogen) atoms. The molecule has 1 N–H and O–H groups in total. The van der Waals surface area contributed by atoms with Crippen LogP contribution in [-0.2, 0) is 0 Å². The molecular weight excluding hydrogens is 567 g/mol. The number of fused-ring (bicyclic) bond motifs is 6. The van der Waals surface area contributed by atoms with Crippen LogP contribution >= 0.6 is 11.3 Å². The molecule has 7 aromatic carbocycles. The standard InChI is InChI=1S/C42H27NOS/c1-2-11-27(12-3-1)30-15-8-17-34-35-18-9-16-31(41(35)44-40(30)34)28-23-25-29(26-24-28)43-38-21-6-4-13-32(38)36-19-10-20-37-33-14-5-7-22-39(33)45-42(36)37/h1-26,43H. The highest BCUT2D eigenvalue weighted by Gasteiger charge is 2.16. The van der Waals surface area contributed by atoms with Crippen LogP contribution in [0, 0.1) is 0 Å². The number of rotatable bonds is 5. The number of hydrogen-bond acceptors (Lipinski definition) is 3. The molecule has 9 rings (SSSR count). The van der Waals surface area contributed by atoms with Crippen LogP contribution in [0.4, 0.5) is 11.4 Å². The van der Waals surface area contributed by atoms with Gasteiger partial charge < -0.3 is 9.73 Å². The Morgan fingerprint density at radius 1 is 0.400 bits per heavy atom. The fourth-order valence-corrected chi connectivity index (χ4v) is 7.80. The smallest absolute Gasteiger partial charge is 0.143 e. The maximum atomic E-state index is 6.66.